The van der Waals surface area contributed by atoms with Gasteiger partial charge in [0.25, 0.3) is 0 Å². The summed E-state index contributed by atoms with van der Waals surface area (Å²) in [5, 5.41) is 1.16. The van der Waals surface area contributed by atoms with Gasteiger partial charge in [-0.15, -0.1) is 0 Å². The molecule has 2 aromatic heterocycles. The molecule has 0 saturated carbocycles. The lowest BCUT2D eigenvalue weighted by Gasteiger charge is -2.09. The van der Waals surface area contributed by atoms with Crippen LogP contribution in [0.2, 0.25) is 0 Å². The quantitative estimate of drug-likeness (QED) is 0.399. The maximum absolute atomic E-state index is 4.92. The second-order valence-electron chi connectivity index (χ2n) is 5.98. The third-order valence-electron chi connectivity index (χ3n) is 4.41. The third-order valence-corrected chi connectivity index (χ3v) is 4.91. The smallest absolute Gasteiger partial charge is 0.158 e. The van der Waals surface area contributed by atoms with E-state index in [-0.39, 0.29) is 0 Å². The Bertz CT molecular complexity index is 1190. The molecule has 3 nitrogen and oxygen atoms in total. The first-order chi connectivity index (χ1) is 12.3. The van der Waals surface area contributed by atoms with Gasteiger partial charge in [0, 0.05) is 21.1 Å². The van der Waals surface area contributed by atoms with Gasteiger partial charge in [-0.3, -0.25) is 4.57 Å². The van der Waals surface area contributed by atoms with Crippen molar-refractivity contribution >= 4 is 38.0 Å². The number of nitrogens with zero attached hydrogens (tertiary/aromatic N) is 2. The first-order valence-corrected chi connectivity index (χ1v) is 8.91. The Hall–Kier alpha value is -2.85. The van der Waals surface area contributed by atoms with Gasteiger partial charge in [-0.25, -0.2) is 4.98 Å². The molecule has 120 valence electrons. The van der Waals surface area contributed by atoms with Crippen LogP contribution in [0.25, 0.3) is 39.1 Å². The number of para-hydroxylation sites is 1. The summed E-state index contributed by atoms with van der Waals surface area (Å²) in [6, 6.07) is 27.0. The largest absolute Gasteiger partial charge is 0.338 e. The number of hydrogen-bond donors (Lipinski definition) is 1. The van der Waals surface area contributed by atoms with E-state index in [1.165, 1.54) is 0 Å². The molecule has 0 fully saturated rings. The van der Waals surface area contributed by atoms with Gasteiger partial charge in [0.1, 0.15) is 5.82 Å². The summed E-state index contributed by atoms with van der Waals surface area (Å²) >= 11 is 3.55. The molecule has 5 aromatic rings. The number of aromatic amines is 1. The molecule has 3 aromatic carbocycles. The van der Waals surface area contributed by atoms with Crippen molar-refractivity contribution in [3.8, 4) is 17.1 Å². The van der Waals surface area contributed by atoms with Gasteiger partial charge in [0.15, 0.2) is 5.65 Å². The van der Waals surface area contributed by atoms with E-state index >= 15 is 0 Å². The molecule has 0 bridgehead atoms. The van der Waals surface area contributed by atoms with E-state index in [4.69, 9.17) is 4.98 Å². The molecule has 5 rings (SSSR count). The molecule has 0 unspecified atom stereocenters. The highest BCUT2D eigenvalue weighted by Crippen LogP contribution is 2.34. The molecule has 0 aliphatic rings. The summed E-state index contributed by atoms with van der Waals surface area (Å²) in [4.78, 5) is 8.38. The number of rotatable bonds is 2. The Kier molecular flexibility index (Phi) is 3.25. The molecule has 0 spiro atoms. The molecule has 0 aliphatic carbocycles. The summed E-state index contributed by atoms with van der Waals surface area (Å²) in [5.74, 6) is 0.942. The molecular formula is C21H14BrN3. The third kappa shape index (κ3) is 2.29. The Morgan fingerprint density at radius 1 is 0.840 bits per heavy atom. The van der Waals surface area contributed by atoms with E-state index in [0.717, 1.165) is 43.6 Å². The lowest BCUT2D eigenvalue weighted by atomic mass is 10.2. The van der Waals surface area contributed by atoms with Gasteiger partial charge in [-0.2, -0.15) is 0 Å². The molecule has 1 N–H and O–H groups in total. The van der Waals surface area contributed by atoms with Gasteiger partial charge < -0.3 is 4.98 Å². The van der Waals surface area contributed by atoms with Crippen LogP contribution in [-0.4, -0.2) is 14.5 Å². The van der Waals surface area contributed by atoms with Crippen LogP contribution in [0.15, 0.2) is 83.3 Å². The number of hydrogen-bond acceptors (Lipinski definition) is 1. The maximum Gasteiger partial charge on any atom is 0.158 e. The van der Waals surface area contributed by atoms with Crippen LogP contribution in [0, 0.1) is 0 Å². The number of H-pyrrole nitrogens is 1. The zero-order valence-electron chi connectivity index (χ0n) is 13.3. The number of halogens is 1. The van der Waals surface area contributed by atoms with Crippen LogP contribution in [0.1, 0.15) is 0 Å². The Balaban J connectivity index is 1.92. The van der Waals surface area contributed by atoms with E-state index in [9.17, 15) is 0 Å². The minimum absolute atomic E-state index is 0.899. The Labute approximate surface area is 153 Å². The second-order valence-corrected chi connectivity index (χ2v) is 6.90. The first kappa shape index (κ1) is 14.5. The Morgan fingerprint density at radius 3 is 2.32 bits per heavy atom. The molecule has 0 amide bonds. The molecule has 2 heterocycles. The zero-order chi connectivity index (χ0) is 16.8. The first-order valence-electron chi connectivity index (χ1n) is 8.12. The van der Waals surface area contributed by atoms with Gasteiger partial charge >= 0.3 is 0 Å². The van der Waals surface area contributed by atoms with Crippen LogP contribution < -0.4 is 0 Å². The van der Waals surface area contributed by atoms with Crippen molar-refractivity contribution in [2.75, 3.05) is 0 Å². The Morgan fingerprint density at radius 2 is 1.56 bits per heavy atom. The zero-order valence-corrected chi connectivity index (χ0v) is 14.9. The van der Waals surface area contributed by atoms with Crippen molar-refractivity contribution in [3.05, 3.63) is 83.3 Å². The molecule has 0 saturated heterocycles. The highest BCUT2D eigenvalue weighted by Gasteiger charge is 2.18. The summed E-state index contributed by atoms with van der Waals surface area (Å²) < 4.78 is 3.29. The van der Waals surface area contributed by atoms with Crippen molar-refractivity contribution in [1.82, 2.24) is 14.5 Å². The number of fused-ring (bicyclic) bond motifs is 3. The highest BCUT2D eigenvalue weighted by molar-refractivity contribution is 9.10. The van der Waals surface area contributed by atoms with Gasteiger partial charge in [0.05, 0.1) is 11.0 Å². The molecule has 0 aliphatic heterocycles. The minimum Gasteiger partial charge on any atom is -0.338 e. The standard InChI is InChI=1S/C21H14BrN3/c22-15-11-12-17-18(13-15)23-20-19(17)25(16-9-5-2-6-10-16)21(24-20)14-7-3-1-4-8-14/h1-13,23H. The van der Waals surface area contributed by atoms with Gasteiger partial charge in [0.2, 0.25) is 0 Å². The van der Waals surface area contributed by atoms with Crippen molar-refractivity contribution in [2.45, 2.75) is 0 Å². The predicted molar refractivity (Wildman–Crippen MR) is 106 cm³/mol. The van der Waals surface area contributed by atoms with Crippen molar-refractivity contribution in [1.29, 1.82) is 0 Å². The molecular weight excluding hydrogens is 374 g/mol. The fraction of sp³-hybridized carbons (Fsp3) is 0. The number of imidazole rings is 1. The monoisotopic (exact) mass is 387 g/mol. The van der Waals surface area contributed by atoms with Gasteiger partial charge in [-0.1, -0.05) is 64.5 Å². The lowest BCUT2D eigenvalue weighted by Crippen LogP contribution is -1.97. The fourth-order valence-electron chi connectivity index (χ4n) is 3.32. The van der Waals surface area contributed by atoms with E-state index in [2.05, 4.69) is 80.1 Å². The van der Waals surface area contributed by atoms with Crippen molar-refractivity contribution in [3.63, 3.8) is 0 Å². The SMILES string of the molecule is Brc1ccc2c(c1)[nH]c1nc(-c3ccccc3)n(-c3ccccc3)c12. The number of aromatic nitrogens is 3. The van der Waals surface area contributed by atoms with Crippen molar-refractivity contribution < 1.29 is 0 Å². The maximum atomic E-state index is 4.92. The van der Waals surface area contributed by atoms with Crippen LogP contribution >= 0.6 is 15.9 Å². The summed E-state index contributed by atoms with van der Waals surface area (Å²) in [6.45, 7) is 0. The van der Waals surface area contributed by atoms with Crippen LogP contribution in [0.4, 0.5) is 0 Å². The summed E-state index contributed by atoms with van der Waals surface area (Å²) in [7, 11) is 0. The number of benzene rings is 3. The van der Waals surface area contributed by atoms with Crippen LogP contribution in [0.5, 0.6) is 0 Å². The van der Waals surface area contributed by atoms with E-state index in [1.54, 1.807) is 0 Å². The van der Waals surface area contributed by atoms with Crippen LogP contribution in [0.3, 0.4) is 0 Å². The predicted octanol–water partition coefficient (Wildman–Crippen LogP) is 5.94. The normalized spacial score (nSPS) is 11.4. The van der Waals surface area contributed by atoms with Crippen LogP contribution in [-0.2, 0) is 0 Å². The fourth-order valence-corrected chi connectivity index (χ4v) is 3.68. The second kappa shape index (κ2) is 5.60. The van der Waals surface area contributed by atoms with Gasteiger partial charge in [-0.05, 0) is 30.3 Å². The molecule has 25 heavy (non-hydrogen) atoms. The van der Waals surface area contributed by atoms with E-state index in [1.807, 2.05) is 24.3 Å². The molecule has 4 heteroatoms. The van der Waals surface area contributed by atoms with E-state index < -0.39 is 0 Å². The minimum atomic E-state index is 0.899. The van der Waals surface area contributed by atoms with Crippen molar-refractivity contribution in [2.24, 2.45) is 0 Å². The summed E-state index contributed by atoms with van der Waals surface area (Å²) in [6.07, 6.45) is 0. The average Bonchev–Trinajstić information content (AvgIpc) is 3.18. The average molecular weight is 388 g/mol. The molecule has 0 radical (unpaired) electrons. The topological polar surface area (TPSA) is 33.6 Å². The molecule has 0 atom stereocenters. The van der Waals surface area contributed by atoms with E-state index in [0.29, 0.717) is 0 Å². The number of nitrogens with one attached hydrogen (secondary N) is 1. The summed E-state index contributed by atoms with van der Waals surface area (Å²) in [5.41, 5.74) is 5.29. The lowest BCUT2D eigenvalue weighted by molar-refractivity contribution is 1.10. The highest BCUT2D eigenvalue weighted by atomic mass is 79.9.